The number of amides is 2. The van der Waals surface area contributed by atoms with Crippen molar-refractivity contribution in [3.05, 3.63) is 65.2 Å². The van der Waals surface area contributed by atoms with E-state index in [9.17, 15) is 9.59 Å². The highest BCUT2D eigenvalue weighted by molar-refractivity contribution is 6.05. The van der Waals surface area contributed by atoms with E-state index in [2.05, 4.69) is 48.3 Å². The van der Waals surface area contributed by atoms with Crippen LogP contribution in [0.15, 0.2) is 48.5 Å². The molecular formula is C23H29N3O2. The van der Waals surface area contributed by atoms with Crippen LogP contribution < -0.4 is 10.2 Å². The summed E-state index contributed by atoms with van der Waals surface area (Å²) in [4.78, 5) is 28.9. The maximum atomic E-state index is 12.7. The van der Waals surface area contributed by atoms with Gasteiger partial charge in [-0.1, -0.05) is 50.2 Å². The van der Waals surface area contributed by atoms with Gasteiger partial charge in [0.1, 0.15) is 0 Å². The number of nitrogens with zero attached hydrogens (tertiary/aromatic N) is 2. The van der Waals surface area contributed by atoms with E-state index in [0.717, 1.165) is 31.6 Å². The van der Waals surface area contributed by atoms with Crippen molar-refractivity contribution in [3.8, 4) is 0 Å². The van der Waals surface area contributed by atoms with E-state index >= 15 is 0 Å². The van der Waals surface area contributed by atoms with E-state index in [1.54, 1.807) is 11.0 Å². The molecule has 0 saturated carbocycles. The maximum absolute atomic E-state index is 12.7. The normalized spacial score (nSPS) is 14.0. The van der Waals surface area contributed by atoms with Crippen molar-refractivity contribution in [1.29, 1.82) is 0 Å². The molecule has 5 nitrogen and oxygen atoms in total. The van der Waals surface area contributed by atoms with E-state index in [4.69, 9.17) is 0 Å². The van der Waals surface area contributed by atoms with Crippen molar-refractivity contribution in [2.24, 2.45) is 0 Å². The zero-order valence-corrected chi connectivity index (χ0v) is 16.8. The van der Waals surface area contributed by atoms with Crippen LogP contribution in [-0.2, 0) is 17.9 Å². The number of carbonyl (C=O) groups excluding carboxylic acids is 2. The molecule has 5 heteroatoms. The number of carbonyl (C=O) groups is 2. The second-order valence-corrected chi connectivity index (χ2v) is 7.13. The van der Waals surface area contributed by atoms with E-state index < -0.39 is 0 Å². The summed E-state index contributed by atoms with van der Waals surface area (Å²) in [7, 11) is 0. The van der Waals surface area contributed by atoms with Gasteiger partial charge in [0.05, 0.1) is 11.3 Å². The lowest BCUT2D eigenvalue weighted by atomic mass is 10.1. The van der Waals surface area contributed by atoms with Gasteiger partial charge in [-0.25, -0.2) is 0 Å². The second kappa shape index (κ2) is 9.51. The number of hydrogen-bond acceptors (Lipinski definition) is 3. The van der Waals surface area contributed by atoms with E-state index in [0.29, 0.717) is 30.8 Å². The van der Waals surface area contributed by atoms with Crippen molar-refractivity contribution >= 4 is 17.5 Å². The molecule has 148 valence electrons. The molecule has 1 heterocycles. The monoisotopic (exact) mass is 379 g/mol. The number of nitrogens with one attached hydrogen (secondary N) is 1. The molecule has 3 rings (SSSR count). The van der Waals surface area contributed by atoms with Crippen molar-refractivity contribution < 1.29 is 9.59 Å². The third-order valence-corrected chi connectivity index (χ3v) is 5.29. The van der Waals surface area contributed by atoms with Crippen LogP contribution in [0.2, 0.25) is 0 Å². The lowest BCUT2D eigenvalue weighted by Crippen LogP contribution is -2.29. The lowest BCUT2D eigenvalue weighted by Gasteiger charge is -2.19. The molecule has 1 saturated heterocycles. The van der Waals surface area contributed by atoms with Crippen LogP contribution in [0.1, 0.15) is 48.2 Å². The third-order valence-electron chi connectivity index (χ3n) is 5.29. The van der Waals surface area contributed by atoms with Crippen molar-refractivity contribution in [1.82, 2.24) is 10.2 Å². The largest absolute Gasteiger partial charge is 0.348 e. The summed E-state index contributed by atoms with van der Waals surface area (Å²) in [6.07, 6.45) is 1.39. The number of para-hydroxylation sites is 1. The van der Waals surface area contributed by atoms with Crippen molar-refractivity contribution in [3.63, 3.8) is 0 Å². The lowest BCUT2D eigenvalue weighted by molar-refractivity contribution is -0.117. The minimum atomic E-state index is -0.150. The van der Waals surface area contributed by atoms with Gasteiger partial charge in [-0.15, -0.1) is 0 Å². The topological polar surface area (TPSA) is 52.7 Å². The van der Waals surface area contributed by atoms with Gasteiger partial charge in [0.25, 0.3) is 5.91 Å². The minimum absolute atomic E-state index is 0.0871. The number of anilines is 1. The average molecular weight is 380 g/mol. The zero-order valence-electron chi connectivity index (χ0n) is 16.8. The molecule has 2 aromatic rings. The molecule has 2 aromatic carbocycles. The first-order chi connectivity index (χ1) is 13.6. The van der Waals surface area contributed by atoms with E-state index in [1.807, 2.05) is 18.2 Å². The molecule has 1 aliphatic heterocycles. The van der Waals surface area contributed by atoms with Gasteiger partial charge in [-0.05, 0) is 42.8 Å². The Morgan fingerprint density at radius 2 is 1.71 bits per heavy atom. The molecule has 0 aromatic heterocycles. The van der Waals surface area contributed by atoms with Crippen LogP contribution in [0.4, 0.5) is 5.69 Å². The standard InChI is InChI=1S/C23H29N3O2/c1-3-25(4-2)17-19-13-11-18(12-14-19)16-24-23(28)20-8-5-6-9-21(20)26-15-7-10-22(26)27/h5-6,8-9,11-14H,3-4,7,10,15-17H2,1-2H3,(H,24,28). The molecule has 1 fully saturated rings. The van der Waals surface area contributed by atoms with Crippen LogP contribution in [0.25, 0.3) is 0 Å². The summed E-state index contributed by atoms with van der Waals surface area (Å²) in [5.41, 5.74) is 3.59. The summed E-state index contributed by atoms with van der Waals surface area (Å²) in [6.45, 7) is 8.49. The molecule has 0 unspecified atom stereocenters. The summed E-state index contributed by atoms with van der Waals surface area (Å²) in [5.74, 6) is -0.0634. The SMILES string of the molecule is CCN(CC)Cc1ccc(CNC(=O)c2ccccc2N2CCCC2=O)cc1. The fourth-order valence-electron chi connectivity index (χ4n) is 3.55. The Kier molecular flexibility index (Phi) is 6.82. The first-order valence-corrected chi connectivity index (χ1v) is 10.1. The van der Waals surface area contributed by atoms with Crippen LogP contribution >= 0.6 is 0 Å². The summed E-state index contributed by atoms with van der Waals surface area (Å²) in [6, 6.07) is 15.7. The molecule has 2 amide bonds. The maximum Gasteiger partial charge on any atom is 0.253 e. The molecular weight excluding hydrogens is 350 g/mol. The predicted molar refractivity (Wildman–Crippen MR) is 112 cm³/mol. The average Bonchev–Trinajstić information content (AvgIpc) is 3.16. The molecule has 1 N–H and O–H groups in total. The van der Waals surface area contributed by atoms with Gasteiger partial charge in [0.2, 0.25) is 5.91 Å². The molecule has 1 aliphatic rings. The number of rotatable bonds is 8. The Balaban J connectivity index is 1.62. The highest BCUT2D eigenvalue weighted by Gasteiger charge is 2.25. The number of hydrogen-bond donors (Lipinski definition) is 1. The van der Waals surface area contributed by atoms with Gasteiger partial charge < -0.3 is 10.2 Å². The Morgan fingerprint density at radius 1 is 1.04 bits per heavy atom. The van der Waals surface area contributed by atoms with Gasteiger partial charge in [-0.2, -0.15) is 0 Å². The van der Waals surface area contributed by atoms with Crippen LogP contribution in [0.3, 0.4) is 0 Å². The van der Waals surface area contributed by atoms with E-state index in [1.165, 1.54) is 5.56 Å². The molecule has 0 spiro atoms. The summed E-state index contributed by atoms with van der Waals surface area (Å²) < 4.78 is 0. The molecule has 0 bridgehead atoms. The Morgan fingerprint density at radius 3 is 2.36 bits per heavy atom. The molecule has 0 radical (unpaired) electrons. The highest BCUT2D eigenvalue weighted by atomic mass is 16.2. The Labute approximate surface area is 167 Å². The van der Waals surface area contributed by atoms with E-state index in [-0.39, 0.29) is 11.8 Å². The highest BCUT2D eigenvalue weighted by Crippen LogP contribution is 2.25. The van der Waals surface area contributed by atoms with Gasteiger partial charge >= 0.3 is 0 Å². The first-order valence-electron chi connectivity index (χ1n) is 10.1. The smallest absolute Gasteiger partial charge is 0.253 e. The number of benzene rings is 2. The molecule has 28 heavy (non-hydrogen) atoms. The van der Waals surface area contributed by atoms with Gasteiger partial charge in [-0.3, -0.25) is 14.5 Å². The van der Waals surface area contributed by atoms with Gasteiger partial charge in [0.15, 0.2) is 0 Å². The van der Waals surface area contributed by atoms with Crippen molar-refractivity contribution in [2.45, 2.75) is 39.8 Å². The fourth-order valence-corrected chi connectivity index (χ4v) is 3.55. The minimum Gasteiger partial charge on any atom is -0.348 e. The second-order valence-electron chi connectivity index (χ2n) is 7.13. The summed E-state index contributed by atoms with van der Waals surface area (Å²) >= 11 is 0. The third kappa shape index (κ3) is 4.78. The molecule has 0 atom stereocenters. The molecule has 0 aliphatic carbocycles. The van der Waals surface area contributed by atoms with Crippen LogP contribution in [-0.4, -0.2) is 36.3 Å². The quantitative estimate of drug-likeness (QED) is 0.763. The van der Waals surface area contributed by atoms with Crippen molar-refractivity contribution in [2.75, 3.05) is 24.5 Å². The summed E-state index contributed by atoms with van der Waals surface area (Å²) in [5, 5.41) is 2.99. The Bertz CT molecular complexity index is 813. The zero-order chi connectivity index (χ0) is 19.9. The predicted octanol–water partition coefficient (Wildman–Crippen LogP) is 3.59. The van der Waals surface area contributed by atoms with Gasteiger partial charge in [0, 0.05) is 26.1 Å². The fraction of sp³-hybridized carbons (Fsp3) is 0.391. The first kappa shape index (κ1) is 20.1. The van der Waals surface area contributed by atoms with Crippen LogP contribution in [0.5, 0.6) is 0 Å². The Hall–Kier alpha value is -2.66. The van der Waals surface area contributed by atoms with Crippen LogP contribution in [0, 0.1) is 0 Å².